The summed E-state index contributed by atoms with van der Waals surface area (Å²) in [6, 6.07) is 8.44. The molecular weight excluding hydrogens is 278 g/mol. The first kappa shape index (κ1) is 15.8. The lowest BCUT2D eigenvalue weighted by Gasteiger charge is -2.12. The van der Waals surface area contributed by atoms with Gasteiger partial charge >= 0.3 is 0 Å². The van der Waals surface area contributed by atoms with Crippen LogP contribution in [0.15, 0.2) is 29.2 Å². The van der Waals surface area contributed by atoms with Crippen LogP contribution in [0.1, 0.15) is 36.5 Å². The van der Waals surface area contributed by atoms with Crippen LogP contribution < -0.4 is 5.32 Å². The molecule has 4 heteroatoms. The molecule has 0 aliphatic carbocycles. The molecule has 1 heterocycles. The second-order valence-electron chi connectivity index (χ2n) is 5.00. The van der Waals surface area contributed by atoms with E-state index in [1.54, 1.807) is 11.8 Å². The molecule has 0 spiro atoms. The highest BCUT2D eigenvalue weighted by Crippen LogP contribution is 2.26. The van der Waals surface area contributed by atoms with Crippen molar-refractivity contribution >= 4 is 17.6 Å². The Morgan fingerprint density at radius 1 is 1.10 bits per heavy atom. The van der Waals surface area contributed by atoms with Gasteiger partial charge in [-0.1, -0.05) is 25.1 Å². The lowest BCUT2D eigenvalue weighted by molar-refractivity contribution is 0.914. The number of aryl methyl sites for hydroxylation is 2. The summed E-state index contributed by atoms with van der Waals surface area (Å²) in [5, 5.41) is 3.34. The lowest BCUT2D eigenvalue weighted by Crippen LogP contribution is -2.08. The second-order valence-corrected chi connectivity index (χ2v) is 6.02. The SMILES string of the molecule is CCNc1nc(CSc2ccccc2C)nc(CC)c1C. The summed E-state index contributed by atoms with van der Waals surface area (Å²) < 4.78 is 0. The molecule has 0 bridgehead atoms. The van der Waals surface area contributed by atoms with Gasteiger partial charge in [-0.25, -0.2) is 9.97 Å². The molecule has 0 saturated heterocycles. The van der Waals surface area contributed by atoms with E-state index in [0.717, 1.165) is 36.1 Å². The van der Waals surface area contributed by atoms with E-state index in [-0.39, 0.29) is 0 Å². The summed E-state index contributed by atoms with van der Waals surface area (Å²) >= 11 is 1.80. The zero-order chi connectivity index (χ0) is 15.2. The smallest absolute Gasteiger partial charge is 0.141 e. The van der Waals surface area contributed by atoms with E-state index in [1.165, 1.54) is 16.0 Å². The molecule has 0 atom stereocenters. The number of benzene rings is 1. The Morgan fingerprint density at radius 3 is 2.52 bits per heavy atom. The Morgan fingerprint density at radius 2 is 1.86 bits per heavy atom. The van der Waals surface area contributed by atoms with Gasteiger partial charge in [-0.3, -0.25) is 0 Å². The molecule has 0 radical (unpaired) electrons. The summed E-state index contributed by atoms with van der Waals surface area (Å²) in [4.78, 5) is 10.7. The van der Waals surface area contributed by atoms with Crippen molar-refractivity contribution in [3.63, 3.8) is 0 Å². The molecule has 1 aromatic carbocycles. The molecule has 2 aromatic rings. The third kappa shape index (κ3) is 3.97. The molecular formula is C17H23N3S. The predicted molar refractivity (Wildman–Crippen MR) is 91.1 cm³/mol. The van der Waals surface area contributed by atoms with Gasteiger partial charge in [0.2, 0.25) is 0 Å². The largest absolute Gasteiger partial charge is 0.370 e. The highest BCUT2D eigenvalue weighted by atomic mass is 32.2. The quantitative estimate of drug-likeness (QED) is 0.804. The molecule has 1 aromatic heterocycles. The highest BCUT2D eigenvalue weighted by Gasteiger charge is 2.10. The molecule has 2 rings (SSSR count). The Bertz CT molecular complexity index is 611. The fourth-order valence-electron chi connectivity index (χ4n) is 2.22. The van der Waals surface area contributed by atoms with E-state index in [2.05, 4.69) is 62.3 Å². The predicted octanol–water partition coefficient (Wildman–Crippen LogP) is 4.38. The van der Waals surface area contributed by atoms with Crippen LogP contribution in [-0.2, 0) is 12.2 Å². The maximum absolute atomic E-state index is 4.71. The monoisotopic (exact) mass is 301 g/mol. The zero-order valence-corrected chi connectivity index (χ0v) is 14.0. The molecule has 3 nitrogen and oxygen atoms in total. The van der Waals surface area contributed by atoms with Gasteiger partial charge in [0.15, 0.2) is 0 Å². The number of aromatic nitrogens is 2. The topological polar surface area (TPSA) is 37.8 Å². The zero-order valence-electron chi connectivity index (χ0n) is 13.2. The van der Waals surface area contributed by atoms with E-state index >= 15 is 0 Å². The van der Waals surface area contributed by atoms with Crippen molar-refractivity contribution in [2.75, 3.05) is 11.9 Å². The first-order valence-electron chi connectivity index (χ1n) is 7.44. The third-order valence-corrected chi connectivity index (χ3v) is 4.59. The number of thioether (sulfide) groups is 1. The molecule has 21 heavy (non-hydrogen) atoms. The summed E-state index contributed by atoms with van der Waals surface area (Å²) in [5.74, 6) is 2.68. The highest BCUT2D eigenvalue weighted by molar-refractivity contribution is 7.98. The number of nitrogens with one attached hydrogen (secondary N) is 1. The van der Waals surface area contributed by atoms with Crippen LogP contribution in [0.25, 0.3) is 0 Å². The van der Waals surface area contributed by atoms with Crippen LogP contribution in [0.5, 0.6) is 0 Å². The van der Waals surface area contributed by atoms with Gasteiger partial charge in [-0.05, 0) is 38.8 Å². The lowest BCUT2D eigenvalue weighted by atomic mass is 10.2. The summed E-state index contributed by atoms with van der Waals surface area (Å²) in [5.41, 5.74) is 3.61. The van der Waals surface area contributed by atoms with Crippen LogP contribution in [0.3, 0.4) is 0 Å². The van der Waals surface area contributed by atoms with Gasteiger partial charge in [-0.2, -0.15) is 0 Å². The summed E-state index contributed by atoms with van der Waals surface area (Å²) in [6.07, 6.45) is 0.939. The van der Waals surface area contributed by atoms with Gasteiger partial charge < -0.3 is 5.32 Å². The number of hydrogen-bond donors (Lipinski definition) is 1. The Hall–Kier alpha value is -1.55. The third-order valence-electron chi connectivity index (χ3n) is 3.42. The minimum atomic E-state index is 0.802. The minimum absolute atomic E-state index is 0.802. The van der Waals surface area contributed by atoms with Crippen LogP contribution in [0.4, 0.5) is 5.82 Å². The average molecular weight is 301 g/mol. The Labute approximate surface area is 131 Å². The Kier molecular flexibility index (Phi) is 5.62. The number of hydrogen-bond acceptors (Lipinski definition) is 4. The standard InChI is InChI=1S/C17H23N3S/c1-5-14-13(4)17(18-6-2)20-16(19-14)11-21-15-10-8-7-9-12(15)3/h7-10H,5-6,11H2,1-4H3,(H,18,19,20). The van der Waals surface area contributed by atoms with Gasteiger partial charge in [-0.15, -0.1) is 11.8 Å². The van der Waals surface area contributed by atoms with Crippen molar-refractivity contribution < 1.29 is 0 Å². The average Bonchev–Trinajstić information content (AvgIpc) is 2.49. The molecule has 0 aliphatic rings. The normalized spacial score (nSPS) is 10.7. The fraction of sp³-hybridized carbons (Fsp3) is 0.412. The molecule has 1 N–H and O–H groups in total. The summed E-state index contributed by atoms with van der Waals surface area (Å²) in [7, 11) is 0. The maximum atomic E-state index is 4.71. The van der Waals surface area contributed by atoms with Gasteiger partial charge in [0.1, 0.15) is 11.6 Å². The van der Waals surface area contributed by atoms with E-state index < -0.39 is 0 Å². The molecule has 0 amide bonds. The maximum Gasteiger partial charge on any atom is 0.141 e. The number of rotatable bonds is 6. The number of anilines is 1. The molecule has 112 valence electrons. The first-order valence-corrected chi connectivity index (χ1v) is 8.43. The molecule has 0 fully saturated rings. The van der Waals surface area contributed by atoms with Crippen molar-refractivity contribution in [2.45, 2.75) is 44.8 Å². The van der Waals surface area contributed by atoms with Gasteiger partial charge in [0.25, 0.3) is 0 Å². The van der Waals surface area contributed by atoms with Crippen LogP contribution in [0.2, 0.25) is 0 Å². The van der Waals surface area contributed by atoms with Gasteiger partial charge in [0, 0.05) is 22.7 Å². The van der Waals surface area contributed by atoms with Crippen molar-refractivity contribution in [3.8, 4) is 0 Å². The van der Waals surface area contributed by atoms with Crippen LogP contribution >= 0.6 is 11.8 Å². The van der Waals surface area contributed by atoms with Crippen molar-refractivity contribution in [1.82, 2.24) is 9.97 Å². The van der Waals surface area contributed by atoms with Crippen molar-refractivity contribution in [2.24, 2.45) is 0 Å². The molecule has 0 unspecified atom stereocenters. The fourth-order valence-corrected chi connectivity index (χ4v) is 3.11. The number of nitrogens with zero attached hydrogens (tertiary/aromatic N) is 2. The van der Waals surface area contributed by atoms with Crippen molar-refractivity contribution in [1.29, 1.82) is 0 Å². The second kappa shape index (κ2) is 7.46. The van der Waals surface area contributed by atoms with Crippen LogP contribution in [0, 0.1) is 13.8 Å². The van der Waals surface area contributed by atoms with E-state index in [0.29, 0.717) is 0 Å². The van der Waals surface area contributed by atoms with Crippen LogP contribution in [-0.4, -0.2) is 16.5 Å². The van der Waals surface area contributed by atoms with Crippen molar-refractivity contribution in [3.05, 3.63) is 46.9 Å². The molecule has 0 saturated carbocycles. The first-order chi connectivity index (χ1) is 10.2. The Balaban J connectivity index is 2.20. The minimum Gasteiger partial charge on any atom is -0.370 e. The van der Waals surface area contributed by atoms with E-state index in [1.807, 2.05) is 0 Å². The molecule has 0 aliphatic heterocycles. The van der Waals surface area contributed by atoms with Gasteiger partial charge in [0.05, 0.1) is 5.75 Å². The van der Waals surface area contributed by atoms with E-state index in [9.17, 15) is 0 Å². The van der Waals surface area contributed by atoms with E-state index in [4.69, 9.17) is 4.98 Å². The summed E-state index contributed by atoms with van der Waals surface area (Å²) in [6.45, 7) is 9.35.